The number of nitrogens with two attached hydrogens (primary N) is 3. The second-order valence-corrected chi connectivity index (χ2v) is 2.00. The van der Waals surface area contributed by atoms with Crippen molar-refractivity contribution in [2.75, 3.05) is 10.9 Å². The van der Waals surface area contributed by atoms with E-state index < -0.39 is 0 Å². The molecular weight excluding hydrogens is 128 g/mol. The number of rotatable bonds is 1. The summed E-state index contributed by atoms with van der Waals surface area (Å²) in [6, 6.07) is 6.97. The summed E-state index contributed by atoms with van der Waals surface area (Å²) >= 11 is 0. The van der Waals surface area contributed by atoms with Crippen LogP contribution in [0.15, 0.2) is 24.3 Å². The van der Waals surface area contributed by atoms with Crippen molar-refractivity contribution >= 4 is 11.4 Å². The first-order valence-corrected chi connectivity index (χ1v) is 2.85. The van der Waals surface area contributed by atoms with Gasteiger partial charge < -0.3 is 5.73 Å². The third kappa shape index (κ3) is 1.37. The van der Waals surface area contributed by atoms with E-state index in [1.807, 2.05) is 0 Å². The fourth-order valence-corrected chi connectivity index (χ4v) is 0.646. The summed E-state index contributed by atoms with van der Waals surface area (Å²) < 4.78 is 0. The highest BCUT2D eigenvalue weighted by Gasteiger charge is 1.92. The minimum absolute atomic E-state index is 0.700. The molecule has 1 aromatic rings. The molecule has 0 unspecified atom stereocenters. The predicted octanol–water partition coefficient (Wildman–Crippen LogP) is -0.177. The molecule has 0 saturated heterocycles. The molecule has 0 spiro atoms. The Hall–Kier alpha value is -1.26. The van der Waals surface area contributed by atoms with Gasteiger partial charge >= 0.3 is 0 Å². The number of hydrazine groups is 2. The molecule has 6 N–H and O–H groups in total. The Morgan fingerprint density at radius 2 is 1.50 bits per heavy atom. The maximum atomic E-state index is 5.43. The van der Waals surface area contributed by atoms with Gasteiger partial charge in [-0.1, -0.05) is 0 Å². The molecule has 4 nitrogen and oxygen atoms in total. The van der Waals surface area contributed by atoms with E-state index in [9.17, 15) is 0 Å². The fourth-order valence-electron chi connectivity index (χ4n) is 0.646. The van der Waals surface area contributed by atoms with Gasteiger partial charge in [-0.05, 0) is 24.3 Å². The maximum absolute atomic E-state index is 5.43. The molecule has 0 amide bonds. The molecular formula is C6H10N4. The van der Waals surface area contributed by atoms with Crippen molar-refractivity contribution < 1.29 is 0 Å². The third-order valence-electron chi connectivity index (χ3n) is 1.19. The lowest BCUT2D eigenvalue weighted by molar-refractivity contribution is 0.925. The molecule has 1 rings (SSSR count). The van der Waals surface area contributed by atoms with E-state index in [-0.39, 0.29) is 0 Å². The first-order valence-electron chi connectivity index (χ1n) is 2.85. The number of benzene rings is 1. The summed E-state index contributed by atoms with van der Waals surface area (Å²) in [5.41, 5.74) is 6.86. The molecule has 0 heterocycles. The zero-order valence-corrected chi connectivity index (χ0v) is 5.49. The van der Waals surface area contributed by atoms with E-state index in [1.165, 1.54) is 0 Å². The molecule has 4 heteroatoms. The van der Waals surface area contributed by atoms with E-state index in [2.05, 4.69) is 0 Å². The van der Waals surface area contributed by atoms with Crippen molar-refractivity contribution in [3.63, 3.8) is 0 Å². The Morgan fingerprint density at radius 3 is 1.90 bits per heavy atom. The SMILES string of the molecule is Nc1ccc(N(N)N)cc1. The molecule has 0 atom stereocenters. The highest BCUT2D eigenvalue weighted by molar-refractivity contribution is 5.51. The minimum atomic E-state index is 0.700. The maximum Gasteiger partial charge on any atom is 0.0698 e. The summed E-state index contributed by atoms with van der Waals surface area (Å²) in [5, 5.41) is 1.04. The van der Waals surface area contributed by atoms with Gasteiger partial charge in [0.05, 0.1) is 5.69 Å². The van der Waals surface area contributed by atoms with Gasteiger partial charge in [-0.25, -0.2) is 16.8 Å². The smallest absolute Gasteiger partial charge is 0.0698 e. The van der Waals surface area contributed by atoms with Gasteiger partial charge in [-0.2, -0.15) is 0 Å². The summed E-state index contributed by atoms with van der Waals surface area (Å²) in [6.07, 6.45) is 0. The molecule has 1 aromatic carbocycles. The number of hydrogen-bond donors (Lipinski definition) is 3. The van der Waals surface area contributed by atoms with Crippen LogP contribution in [0.2, 0.25) is 0 Å². The molecule has 0 radical (unpaired) electrons. The predicted molar refractivity (Wildman–Crippen MR) is 41.7 cm³/mol. The van der Waals surface area contributed by atoms with Crippen molar-refractivity contribution in [1.29, 1.82) is 0 Å². The Balaban J connectivity index is 2.89. The van der Waals surface area contributed by atoms with Crippen molar-refractivity contribution in [2.24, 2.45) is 11.7 Å². The first-order chi connectivity index (χ1) is 4.70. The van der Waals surface area contributed by atoms with E-state index in [0.717, 1.165) is 10.8 Å². The lowest BCUT2D eigenvalue weighted by Gasteiger charge is -2.10. The topological polar surface area (TPSA) is 81.3 Å². The van der Waals surface area contributed by atoms with Crippen molar-refractivity contribution in [1.82, 2.24) is 0 Å². The van der Waals surface area contributed by atoms with Crippen molar-refractivity contribution in [2.45, 2.75) is 0 Å². The molecule has 0 aliphatic carbocycles. The molecule has 0 aromatic heterocycles. The molecule has 10 heavy (non-hydrogen) atoms. The summed E-state index contributed by atoms with van der Waals surface area (Å²) in [4.78, 5) is 0. The quantitative estimate of drug-likeness (QED) is 0.286. The molecule has 54 valence electrons. The largest absolute Gasteiger partial charge is 0.399 e. The summed E-state index contributed by atoms with van der Waals surface area (Å²) in [5.74, 6) is 10.5. The van der Waals surface area contributed by atoms with Crippen LogP contribution in [-0.4, -0.2) is 0 Å². The van der Waals surface area contributed by atoms with Crippen LogP contribution in [0, 0.1) is 0 Å². The van der Waals surface area contributed by atoms with Crippen LogP contribution in [0.1, 0.15) is 0 Å². The number of nitrogen functional groups attached to an aromatic ring is 1. The van der Waals surface area contributed by atoms with Gasteiger partial charge in [0.2, 0.25) is 0 Å². The monoisotopic (exact) mass is 138 g/mol. The second kappa shape index (κ2) is 2.55. The van der Waals surface area contributed by atoms with E-state index in [4.69, 9.17) is 17.4 Å². The summed E-state index contributed by atoms with van der Waals surface area (Å²) in [7, 11) is 0. The minimum Gasteiger partial charge on any atom is -0.399 e. The standard InChI is InChI=1S/C6H10N4/c7-5-1-3-6(4-2-5)10(8)9/h1-4H,7-9H2. The van der Waals surface area contributed by atoms with Crippen molar-refractivity contribution in [3.05, 3.63) is 24.3 Å². The van der Waals surface area contributed by atoms with Gasteiger partial charge in [-0.3, -0.25) is 0 Å². The Morgan fingerprint density at radius 1 is 1.00 bits per heavy atom. The summed E-state index contributed by atoms with van der Waals surface area (Å²) in [6.45, 7) is 0. The van der Waals surface area contributed by atoms with E-state index >= 15 is 0 Å². The first kappa shape index (κ1) is 6.85. The van der Waals surface area contributed by atoms with Crippen LogP contribution in [0.3, 0.4) is 0 Å². The fraction of sp³-hybridized carbons (Fsp3) is 0. The average molecular weight is 138 g/mol. The normalized spacial score (nSPS) is 9.40. The third-order valence-corrected chi connectivity index (χ3v) is 1.19. The van der Waals surface area contributed by atoms with Crippen LogP contribution in [0.5, 0.6) is 0 Å². The van der Waals surface area contributed by atoms with Gasteiger partial charge in [0.25, 0.3) is 0 Å². The van der Waals surface area contributed by atoms with Gasteiger partial charge in [-0.15, -0.1) is 0 Å². The molecule has 0 bridgehead atoms. The second-order valence-electron chi connectivity index (χ2n) is 2.00. The van der Waals surface area contributed by atoms with Gasteiger partial charge in [0.15, 0.2) is 0 Å². The van der Waals surface area contributed by atoms with Crippen LogP contribution in [0.25, 0.3) is 0 Å². The zero-order valence-electron chi connectivity index (χ0n) is 5.49. The number of hydrogen-bond acceptors (Lipinski definition) is 4. The molecule has 0 saturated carbocycles. The Bertz CT molecular complexity index is 203. The number of nitrogens with zero attached hydrogens (tertiary/aromatic N) is 1. The lowest BCUT2D eigenvalue weighted by atomic mass is 10.3. The van der Waals surface area contributed by atoms with Gasteiger partial charge in [0, 0.05) is 5.69 Å². The number of anilines is 2. The van der Waals surface area contributed by atoms with Crippen LogP contribution >= 0.6 is 0 Å². The highest BCUT2D eigenvalue weighted by Crippen LogP contribution is 2.10. The lowest BCUT2D eigenvalue weighted by Crippen LogP contribution is -2.37. The Kier molecular flexibility index (Phi) is 1.75. The van der Waals surface area contributed by atoms with E-state index in [1.54, 1.807) is 24.3 Å². The molecule has 0 fully saturated rings. The highest BCUT2D eigenvalue weighted by atomic mass is 15.6. The Labute approximate surface area is 59.2 Å². The zero-order chi connectivity index (χ0) is 7.56. The average Bonchev–Trinajstić information content (AvgIpc) is 1.88. The van der Waals surface area contributed by atoms with Gasteiger partial charge in [0.1, 0.15) is 0 Å². The molecule has 0 aliphatic heterocycles. The van der Waals surface area contributed by atoms with Crippen LogP contribution in [0.4, 0.5) is 11.4 Å². The van der Waals surface area contributed by atoms with Crippen molar-refractivity contribution in [3.8, 4) is 0 Å². The van der Waals surface area contributed by atoms with E-state index in [0.29, 0.717) is 5.69 Å². The van der Waals surface area contributed by atoms with Crippen LogP contribution < -0.4 is 22.5 Å². The molecule has 0 aliphatic rings. The van der Waals surface area contributed by atoms with Crippen LogP contribution in [-0.2, 0) is 0 Å².